The fourth-order valence-electron chi connectivity index (χ4n) is 2.26. The monoisotopic (exact) mass is 351 g/mol. The first kappa shape index (κ1) is 13.6. The molecule has 1 aliphatic rings. The number of carbonyl (C=O) groups is 1. The molecule has 104 valence electrons. The van der Waals surface area contributed by atoms with Crippen LogP contribution in [0.4, 0.5) is 5.69 Å². The molecule has 1 saturated carbocycles. The highest BCUT2D eigenvalue weighted by Gasteiger charge is 2.30. The number of carboxylic acids is 1. The molecule has 0 amide bonds. The molecule has 1 aliphatic carbocycles. The average molecular weight is 352 g/mol. The van der Waals surface area contributed by atoms with E-state index >= 15 is 0 Å². The predicted octanol–water partition coefficient (Wildman–Crippen LogP) is 4.38. The molecular formula is C15H14BrNO2S. The quantitative estimate of drug-likeness (QED) is 0.868. The van der Waals surface area contributed by atoms with Gasteiger partial charge in [0.05, 0.1) is 5.56 Å². The van der Waals surface area contributed by atoms with Gasteiger partial charge in [-0.2, -0.15) is 11.3 Å². The summed E-state index contributed by atoms with van der Waals surface area (Å²) in [4.78, 5) is 13.5. The highest BCUT2D eigenvalue weighted by molar-refractivity contribution is 9.10. The Kier molecular flexibility index (Phi) is 3.81. The van der Waals surface area contributed by atoms with Crippen LogP contribution in [0.2, 0.25) is 0 Å². The van der Waals surface area contributed by atoms with Crippen molar-refractivity contribution < 1.29 is 9.90 Å². The first-order chi connectivity index (χ1) is 9.63. The molecule has 3 rings (SSSR count). The van der Waals surface area contributed by atoms with Gasteiger partial charge in [-0.3, -0.25) is 0 Å². The first-order valence-electron chi connectivity index (χ1n) is 6.45. The maximum Gasteiger partial charge on any atom is 0.335 e. The standard InChI is InChI=1S/C15H14BrNO2S/c16-12-5-11(15(18)19)6-14(7-12)17(13-1-2-13)8-10-3-4-20-9-10/h3-7,9,13H,1-2,8H2,(H,18,19). The molecule has 0 unspecified atom stereocenters. The van der Waals surface area contributed by atoms with E-state index in [9.17, 15) is 9.90 Å². The van der Waals surface area contributed by atoms with Crippen molar-refractivity contribution in [3.05, 3.63) is 50.6 Å². The van der Waals surface area contributed by atoms with Gasteiger partial charge in [0.2, 0.25) is 0 Å². The van der Waals surface area contributed by atoms with Gasteiger partial charge < -0.3 is 10.0 Å². The molecule has 1 aromatic heterocycles. The minimum atomic E-state index is -0.890. The molecule has 1 heterocycles. The Balaban J connectivity index is 1.93. The summed E-state index contributed by atoms with van der Waals surface area (Å²) >= 11 is 5.10. The number of thiophene rings is 1. The van der Waals surface area contributed by atoms with Crippen LogP contribution in [0.15, 0.2) is 39.5 Å². The van der Waals surface area contributed by atoms with Crippen LogP contribution in [-0.2, 0) is 6.54 Å². The van der Waals surface area contributed by atoms with Crippen molar-refractivity contribution in [1.29, 1.82) is 0 Å². The molecule has 1 fully saturated rings. The van der Waals surface area contributed by atoms with Crippen LogP contribution in [-0.4, -0.2) is 17.1 Å². The number of hydrogen-bond acceptors (Lipinski definition) is 3. The van der Waals surface area contributed by atoms with E-state index in [1.807, 2.05) is 6.07 Å². The van der Waals surface area contributed by atoms with E-state index in [-0.39, 0.29) is 0 Å². The number of hydrogen-bond donors (Lipinski definition) is 1. The van der Waals surface area contributed by atoms with Crippen LogP contribution in [0.25, 0.3) is 0 Å². The van der Waals surface area contributed by atoms with Crippen LogP contribution < -0.4 is 4.90 Å². The van der Waals surface area contributed by atoms with Crippen LogP contribution in [0.5, 0.6) is 0 Å². The number of aromatic carboxylic acids is 1. The normalized spacial score (nSPS) is 14.2. The van der Waals surface area contributed by atoms with Crippen molar-refractivity contribution in [3.63, 3.8) is 0 Å². The number of benzene rings is 1. The van der Waals surface area contributed by atoms with E-state index in [1.165, 1.54) is 18.4 Å². The molecule has 20 heavy (non-hydrogen) atoms. The van der Waals surface area contributed by atoms with Crippen LogP contribution >= 0.6 is 27.3 Å². The van der Waals surface area contributed by atoms with Gasteiger partial charge in [-0.05, 0) is 53.4 Å². The third kappa shape index (κ3) is 3.04. The van der Waals surface area contributed by atoms with Gasteiger partial charge in [0.25, 0.3) is 0 Å². The summed E-state index contributed by atoms with van der Waals surface area (Å²) in [5, 5.41) is 13.4. The summed E-state index contributed by atoms with van der Waals surface area (Å²) in [6, 6.07) is 8.05. The van der Waals surface area contributed by atoms with Crippen molar-refractivity contribution >= 4 is 38.9 Å². The lowest BCUT2D eigenvalue weighted by atomic mass is 10.1. The summed E-state index contributed by atoms with van der Waals surface area (Å²) in [6.07, 6.45) is 2.36. The first-order valence-corrected chi connectivity index (χ1v) is 8.18. The van der Waals surface area contributed by atoms with E-state index in [0.29, 0.717) is 11.6 Å². The molecule has 3 nitrogen and oxygen atoms in total. The van der Waals surface area contributed by atoms with E-state index in [2.05, 4.69) is 37.7 Å². The minimum Gasteiger partial charge on any atom is -0.478 e. The molecule has 5 heteroatoms. The second-order valence-electron chi connectivity index (χ2n) is 4.99. The topological polar surface area (TPSA) is 40.5 Å². The molecule has 0 atom stereocenters. The fraction of sp³-hybridized carbons (Fsp3) is 0.267. The minimum absolute atomic E-state index is 0.324. The predicted molar refractivity (Wildman–Crippen MR) is 84.6 cm³/mol. The van der Waals surface area contributed by atoms with Gasteiger partial charge in [-0.15, -0.1) is 0 Å². The average Bonchev–Trinajstić information content (AvgIpc) is 3.12. The molecule has 0 spiro atoms. The van der Waals surface area contributed by atoms with Crippen LogP contribution in [0.3, 0.4) is 0 Å². The lowest BCUT2D eigenvalue weighted by Crippen LogP contribution is -2.25. The molecule has 0 aliphatic heterocycles. The van der Waals surface area contributed by atoms with Gasteiger partial charge >= 0.3 is 5.97 Å². The second-order valence-corrected chi connectivity index (χ2v) is 6.69. The number of halogens is 1. The zero-order valence-corrected chi connectivity index (χ0v) is 13.2. The van der Waals surface area contributed by atoms with Crippen LogP contribution in [0.1, 0.15) is 28.8 Å². The highest BCUT2D eigenvalue weighted by atomic mass is 79.9. The van der Waals surface area contributed by atoms with Crippen molar-refractivity contribution in [2.75, 3.05) is 4.90 Å². The summed E-state index contributed by atoms with van der Waals surface area (Å²) in [7, 11) is 0. The van der Waals surface area contributed by atoms with E-state index in [4.69, 9.17) is 0 Å². The van der Waals surface area contributed by atoms with E-state index < -0.39 is 5.97 Å². The van der Waals surface area contributed by atoms with Crippen molar-refractivity contribution in [3.8, 4) is 0 Å². The Bertz CT molecular complexity index is 623. The smallest absolute Gasteiger partial charge is 0.335 e. The number of nitrogens with zero attached hydrogens (tertiary/aromatic N) is 1. The van der Waals surface area contributed by atoms with Crippen LogP contribution in [0, 0.1) is 0 Å². The van der Waals surface area contributed by atoms with E-state index in [1.54, 1.807) is 23.5 Å². The van der Waals surface area contributed by atoms with Crippen molar-refractivity contribution in [2.45, 2.75) is 25.4 Å². The zero-order valence-electron chi connectivity index (χ0n) is 10.8. The molecule has 1 N–H and O–H groups in total. The van der Waals surface area contributed by atoms with E-state index in [0.717, 1.165) is 16.7 Å². The van der Waals surface area contributed by atoms with Gasteiger partial charge in [0, 0.05) is 22.7 Å². The summed E-state index contributed by atoms with van der Waals surface area (Å²) in [5.41, 5.74) is 2.58. The Hall–Kier alpha value is -1.33. The second kappa shape index (κ2) is 5.58. The molecule has 2 aromatic rings. The Morgan fingerprint density at radius 3 is 2.80 bits per heavy atom. The number of carboxylic acid groups (broad SMARTS) is 1. The lowest BCUT2D eigenvalue weighted by molar-refractivity contribution is 0.0697. The number of anilines is 1. The Morgan fingerprint density at radius 2 is 2.20 bits per heavy atom. The zero-order chi connectivity index (χ0) is 14.1. The maximum atomic E-state index is 11.2. The lowest BCUT2D eigenvalue weighted by Gasteiger charge is -2.25. The van der Waals surface area contributed by atoms with Gasteiger partial charge in [-0.25, -0.2) is 4.79 Å². The summed E-state index contributed by atoms with van der Waals surface area (Å²) in [5.74, 6) is -0.890. The Morgan fingerprint density at radius 1 is 1.40 bits per heavy atom. The maximum absolute atomic E-state index is 11.2. The SMILES string of the molecule is O=C(O)c1cc(Br)cc(N(Cc2ccsc2)C2CC2)c1. The molecule has 0 radical (unpaired) electrons. The summed E-state index contributed by atoms with van der Waals surface area (Å²) < 4.78 is 0.809. The largest absolute Gasteiger partial charge is 0.478 e. The third-order valence-corrected chi connectivity index (χ3v) is 4.57. The fourth-order valence-corrected chi connectivity index (χ4v) is 3.40. The molecule has 0 saturated heterocycles. The molecular weight excluding hydrogens is 338 g/mol. The van der Waals surface area contributed by atoms with Crippen molar-refractivity contribution in [2.24, 2.45) is 0 Å². The van der Waals surface area contributed by atoms with Gasteiger partial charge in [-0.1, -0.05) is 15.9 Å². The highest BCUT2D eigenvalue weighted by Crippen LogP contribution is 2.35. The Labute approximate surface area is 130 Å². The molecule has 0 bridgehead atoms. The van der Waals surface area contributed by atoms with Crippen molar-refractivity contribution in [1.82, 2.24) is 0 Å². The number of rotatable bonds is 5. The third-order valence-electron chi connectivity index (χ3n) is 3.38. The van der Waals surface area contributed by atoms with Gasteiger partial charge in [0.1, 0.15) is 0 Å². The van der Waals surface area contributed by atoms with Gasteiger partial charge in [0.15, 0.2) is 0 Å². The summed E-state index contributed by atoms with van der Waals surface area (Å²) in [6.45, 7) is 0.837. The molecule has 1 aromatic carbocycles.